The molecule has 1 saturated heterocycles. The fraction of sp³-hybridized carbons (Fsp3) is 0.474. The van der Waals surface area contributed by atoms with E-state index in [1.807, 2.05) is 35.2 Å². The Hall–Kier alpha value is -2.34. The lowest BCUT2D eigenvalue weighted by atomic mass is 10.2. The molecule has 1 aliphatic rings. The van der Waals surface area contributed by atoms with E-state index in [1.54, 1.807) is 6.07 Å². The number of para-hydroxylation sites is 1. The first-order valence-electron chi connectivity index (χ1n) is 8.96. The van der Waals surface area contributed by atoms with E-state index < -0.39 is 0 Å². The number of carbonyl (C=O) groups excluding carboxylic acids is 1. The summed E-state index contributed by atoms with van der Waals surface area (Å²) in [5, 5.41) is 7.08. The monoisotopic (exact) mass is 342 g/mol. The minimum atomic E-state index is -0.00290. The second kappa shape index (κ2) is 8.16. The van der Waals surface area contributed by atoms with Crippen molar-refractivity contribution in [2.75, 3.05) is 26.2 Å². The molecule has 2 aromatic rings. The van der Waals surface area contributed by atoms with E-state index in [0.717, 1.165) is 44.0 Å². The number of likely N-dealkylation sites (tertiary alicyclic amines) is 1. The quantitative estimate of drug-likeness (QED) is 0.840. The van der Waals surface area contributed by atoms with Crippen LogP contribution in [-0.2, 0) is 6.61 Å². The van der Waals surface area contributed by atoms with Gasteiger partial charge in [0.25, 0.3) is 5.91 Å². The number of aromatic nitrogens is 2. The number of hydrogen-bond donors (Lipinski definition) is 1. The zero-order valence-electron chi connectivity index (χ0n) is 14.9. The molecule has 0 bridgehead atoms. The first-order chi connectivity index (χ1) is 12.2. The fourth-order valence-electron chi connectivity index (χ4n) is 3.35. The average Bonchev–Trinajstić information content (AvgIpc) is 3.31. The number of aromatic amines is 1. The molecule has 1 aliphatic heterocycles. The van der Waals surface area contributed by atoms with Crippen molar-refractivity contribution < 1.29 is 9.53 Å². The van der Waals surface area contributed by atoms with Crippen LogP contribution in [0.1, 0.15) is 36.5 Å². The van der Waals surface area contributed by atoms with Crippen molar-refractivity contribution in [3.05, 3.63) is 47.8 Å². The van der Waals surface area contributed by atoms with E-state index in [0.29, 0.717) is 18.3 Å². The molecule has 0 radical (unpaired) electrons. The normalized spacial score (nSPS) is 17.2. The maximum atomic E-state index is 12.7. The van der Waals surface area contributed by atoms with Crippen LogP contribution in [0.25, 0.3) is 0 Å². The molecular formula is C19H26N4O2. The second-order valence-corrected chi connectivity index (χ2v) is 6.30. The maximum absolute atomic E-state index is 12.7. The van der Waals surface area contributed by atoms with Gasteiger partial charge in [-0.3, -0.25) is 14.8 Å². The smallest absolute Gasteiger partial charge is 0.274 e. The van der Waals surface area contributed by atoms with Crippen LogP contribution in [0, 0.1) is 0 Å². The number of nitrogens with zero attached hydrogens (tertiary/aromatic N) is 3. The molecular weight excluding hydrogens is 316 g/mol. The predicted octanol–water partition coefficient (Wildman–Crippen LogP) is 2.54. The van der Waals surface area contributed by atoms with Gasteiger partial charge >= 0.3 is 0 Å². The topological polar surface area (TPSA) is 61.5 Å². The molecule has 0 spiro atoms. The van der Waals surface area contributed by atoms with Crippen molar-refractivity contribution in [1.29, 1.82) is 0 Å². The molecule has 1 fully saturated rings. The molecule has 25 heavy (non-hydrogen) atoms. The Balaban J connectivity index is 1.56. The highest BCUT2D eigenvalue weighted by molar-refractivity contribution is 5.92. The number of ether oxygens (including phenoxy) is 1. The molecule has 0 unspecified atom stereocenters. The van der Waals surface area contributed by atoms with Gasteiger partial charge in [0.05, 0.1) is 5.69 Å². The summed E-state index contributed by atoms with van der Waals surface area (Å²) in [7, 11) is 0. The molecule has 6 heteroatoms. The van der Waals surface area contributed by atoms with E-state index in [9.17, 15) is 4.79 Å². The summed E-state index contributed by atoms with van der Waals surface area (Å²) in [4.78, 5) is 17.0. The van der Waals surface area contributed by atoms with Crippen LogP contribution >= 0.6 is 0 Å². The van der Waals surface area contributed by atoms with E-state index in [-0.39, 0.29) is 5.91 Å². The van der Waals surface area contributed by atoms with Crippen LogP contribution in [0.3, 0.4) is 0 Å². The van der Waals surface area contributed by atoms with Gasteiger partial charge in [0, 0.05) is 19.1 Å². The highest BCUT2D eigenvalue weighted by Gasteiger charge is 2.30. The number of carbonyl (C=O) groups is 1. The molecule has 0 aliphatic carbocycles. The summed E-state index contributed by atoms with van der Waals surface area (Å²) in [6, 6.07) is 11.9. The molecule has 1 amide bonds. The molecule has 1 atom stereocenters. The summed E-state index contributed by atoms with van der Waals surface area (Å²) < 4.78 is 5.69. The molecule has 6 nitrogen and oxygen atoms in total. The average molecular weight is 342 g/mol. The molecule has 2 heterocycles. The van der Waals surface area contributed by atoms with Gasteiger partial charge in [0.15, 0.2) is 5.69 Å². The third-order valence-corrected chi connectivity index (χ3v) is 4.77. The van der Waals surface area contributed by atoms with Crippen molar-refractivity contribution in [3.8, 4) is 5.75 Å². The van der Waals surface area contributed by atoms with Crippen molar-refractivity contribution >= 4 is 5.91 Å². The third-order valence-electron chi connectivity index (χ3n) is 4.77. The second-order valence-electron chi connectivity index (χ2n) is 6.30. The summed E-state index contributed by atoms with van der Waals surface area (Å²) in [6.07, 6.45) is 1.03. The van der Waals surface area contributed by atoms with Gasteiger partial charge in [0.1, 0.15) is 12.4 Å². The van der Waals surface area contributed by atoms with Crippen LogP contribution in [0.4, 0.5) is 0 Å². The summed E-state index contributed by atoms with van der Waals surface area (Å²) in [5.74, 6) is 0.795. The van der Waals surface area contributed by atoms with Crippen molar-refractivity contribution in [2.45, 2.75) is 32.9 Å². The molecule has 1 N–H and O–H groups in total. The lowest BCUT2D eigenvalue weighted by Gasteiger charge is -2.25. The van der Waals surface area contributed by atoms with Gasteiger partial charge < -0.3 is 9.64 Å². The van der Waals surface area contributed by atoms with Crippen LogP contribution in [-0.4, -0.2) is 58.1 Å². The van der Waals surface area contributed by atoms with Gasteiger partial charge in [-0.2, -0.15) is 5.10 Å². The number of nitrogens with one attached hydrogen (secondary N) is 1. The Morgan fingerprint density at radius 1 is 1.32 bits per heavy atom. The van der Waals surface area contributed by atoms with Gasteiger partial charge in [-0.15, -0.1) is 0 Å². The van der Waals surface area contributed by atoms with E-state index in [1.165, 1.54) is 0 Å². The first-order valence-corrected chi connectivity index (χ1v) is 8.96. The van der Waals surface area contributed by atoms with Crippen molar-refractivity contribution in [1.82, 2.24) is 20.0 Å². The zero-order chi connectivity index (χ0) is 17.6. The standard InChI is InChI=1S/C19H26N4O2/c1-3-22(4-2)16-10-11-23(13-16)19(24)18-12-15(20-21-18)14-25-17-8-6-5-7-9-17/h5-9,12,16H,3-4,10-11,13-14H2,1-2H3,(H,20,21)/t16-/m1/s1. The number of rotatable bonds is 7. The fourth-order valence-corrected chi connectivity index (χ4v) is 3.35. The lowest BCUT2D eigenvalue weighted by molar-refractivity contribution is 0.0772. The van der Waals surface area contributed by atoms with Gasteiger partial charge in [-0.05, 0) is 37.7 Å². The Bertz CT molecular complexity index is 682. The zero-order valence-corrected chi connectivity index (χ0v) is 14.9. The van der Waals surface area contributed by atoms with Crippen LogP contribution < -0.4 is 4.74 Å². The lowest BCUT2D eigenvalue weighted by Crippen LogP contribution is -2.38. The first kappa shape index (κ1) is 17.5. The highest BCUT2D eigenvalue weighted by atomic mass is 16.5. The molecule has 0 saturated carbocycles. The number of amides is 1. The van der Waals surface area contributed by atoms with Gasteiger partial charge in [0.2, 0.25) is 0 Å². The third kappa shape index (κ3) is 4.20. The number of hydrogen-bond acceptors (Lipinski definition) is 4. The predicted molar refractivity (Wildman–Crippen MR) is 96.6 cm³/mol. The Morgan fingerprint density at radius 2 is 2.08 bits per heavy atom. The summed E-state index contributed by atoms with van der Waals surface area (Å²) in [6.45, 7) is 8.32. The Kier molecular flexibility index (Phi) is 5.71. The molecule has 3 rings (SSSR count). The Morgan fingerprint density at radius 3 is 2.80 bits per heavy atom. The van der Waals surface area contributed by atoms with Crippen LogP contribution in [0.15, 0.2) is 36.4 Å². The summed E-state index contributed by atoms with van der Waals surface area (Å²) in [5.41, 5.74) is 1.26. The minimum absolute atomic E-state index is 0.00290. The number of benzene rings is 1. The maximum Gasteiger partial charge on any atom is 0.274 e. The van der Waals surface area contributed by atoms with Crippen LogP contribution in [0.5, 0.6) is 5.75 Å². The number of likely N-dealkylation sites (N-methyl/N-ethyl adjacent to an activating group) is 1. The molecule has 1 aromatic carbocycles. The van der Waals surface area contributed by atoms with Gasteiger partial charge in [-0.25, -0.2) is 0 Å². The van der Waals surface area contributed by atoms with Crippen molar-refractivity contribution in [3.63, 3.8) is 0 Å². The minimum Gasteiger partial charge on any atom is -0.487 e. The molecule has 134 valence electrons. The van der Waals surface area contributed by atoms with Crippen molar-refractivity contribution in [2.24, 2.45) is 0 Å². The number of H-pyrrole nitrogens is 1. The Labute approximate surface area is 148 Å². The van der Waals surface area contributed by atoms with Gasteiger partial charge in [-0.1, -0.05) is 32.0 Å². The van der Waals surface area contributed by atoms with E-state index >= 15 is 0 Å². The van der Waals surface area contributed by atoms with E-state index in [4.69, 9.17) is 4.74 Å². The molecule has 1 aromatic heterocycles. The van der Waals surface area contributed by atoms with E-state index in [2.05, 4.69) is 28.9 Å². The summed E-state index contributed by atoms with van der Waals surface area (Å²) >= 11 is 0. The van der Waals surface area contributed by atoms with Crippen LogP contribution in [0.2, 0.25) is 0 Å². The highest BCUT2D eigenvalue weighted by Crippen LogP contribution is 2.18. The SMILES string of the molecule is CCN(CC)[C@@H]1CCN(C(=O)c2cc(COc3ccccc3)[nH]n2)C1. The largest absolute Gasteiger partial charge is 0.487 e.